The van der Waals surface area contributed by atoms with Gasteiger partial charge in [0.2, 0.25) is 0 Å². The topological polar surface area (TPSA) is 45.9 Å². The van der Waals surface area contributed by atoms with Crippen LogP contribution in [0.25, 0.3) is 0 Å². The van der Waals surface area contributed by atoms with E-state index in [2.05, 4.69) is 11.1 Å². The molecular weight excluding hydrogens is 292 g/mol. The molecule has 0 saturated heterocycles. The number of aromatic nitrogens is 1. The molecule has 2 aromatic rings. The van der Waals surface area contributed by atoms with Gasteiger partial charge in [-0.1, -0.05) is 24.6 Å². The van der Waals surface area contributed by atoms with Gasteiger partial charge >= 0.3 is 0 Å². The minimum absolute atomic E-state index is 0.479. The van der Waals surface area contributed by atoms with Gasteiger partial charge in [0.1, 0.15) is 0 Å². The zero-order chi connectivity index (χ0) is 14.4. The van der Waals surface area contributed by atoms with Crippen LogP contribution in [0.3, 0.4) is 0 Å². The Morgan fingerprint density at radius 3 is 2.95 bits per heavy atom. The number of rotatable bonds is 6. The molecule has 2 rings (SSSR count). The van der Waals surface area contributed by atoms with Crippen molar-refractivity contribution in [1.29, 1.82) is 5.26 Å². The van der Waals surface area contributed by atoms with Gasteiger partial charge in [0.15, 0.2) is 5.06 Å². The Kier molecular flexibility index (Phi) is 4.99. The summed E-state index contributed by atoms with van der Waals surface area (Å²) in [5.74, 6) is 0. The largest absolute Gasteiger partial charge is 0.484 e. The summed E-state index contributed by atoms with van der Waals surface area (Å²) in [6.45, 7) is 2.49. The minimum atomic E-state index is -0.546. The maximum absolute atomic E-state index is 9.58. The lowest BCUT2D eigenvalue weighted by molar-refractivity contribution is 0.283. The molecule has 2 aromatic heterocycles. The minimum Gasteiger partial charge on any atom is -0.484 e. The molecule has 1 unspecified atom stereocenters. The molecule has 0 N–H and O–H groups in total. The van der Waals surface area contributed by atoms with E-state index in [1.54, 1.807) is 18.5 Å². The van der Waals surface area contributed by atoms with Crippen LogP contribution in [0.15, 0.2) is 36.0 Å². The smallest absolute Gasteiger partial charge is 0.175 e. The van der Waals surface area contributed by atoms with Crippen LogP contribution in [0, 0.1) is 11.3 Å². The number of pyridine rings is 1. The molecule has 0 bridgehead atoms. The number of thiophene rings is 1. The van der Waals surface area contributed by atoms with Crippen LogP contribution < -0.4 is 4.74 Å². The SMILES string of the molecule is CCC(C#N)(CCOc1cc(Cl)cs1)c1cccnc1. The van der Waals surface area contributed by atoms with Crippen LogP contribution in [0.1, 0.15) is 25.3 Å². The van der Waals surface area contributed by atoms with E-state index >= 15 is 0 Å². The van der Waals surface area contributed by atoms with E-state index in [0.29, 0.717) is 18.1 Å². The summed E-state index contributed by atoms with van der Waals surface area (Å²) in [6, 6.07) is 8.02. The van der Waals surface area contributed by atoms with E-state index in [9.17, 15) is 5.26 Å². The molecule has 0 fully saturated rings. The summed E-state index contributed by atoms with van der Waals surface area (Å²) in [4.78, 5) is 4.11. The van der Waals surface area contributed by atoms with Gasteiger partial charge in [0, 0.05) is 30.3 Å². The first-order chi connectivity index (χ1) is 9.70. The van der Waals surface area contributed by atoms with Crippen LogP contribution in [0.4, 0.5) is 0 Å². The molecule has 2 heterocycles. The Labute approximate surface area is 127 Å². The van der Waals surface area contributed by atoms with Crippen molar-refractivity contribution in [1.82, 2.24) is 4.98 Å². The molecule has 0 saturated carbocycles. The van der Waals surface area contributed by atoms with Crippen molar-refractivity contribution < 1.29 is 4.74 Å². The van der Waals surface area contributed by atoms with E-state index < -0.39 is 5.41 Å². The molecule has 0 aliphatic carbocycles. The van der Waals surface area contributed by atoms with Crippen molar-refractivity contribution in [2.75, 3.05) is 6.61 Å². The Morgan fingerprint density at radius 2 is 2.40 bits per heavy atom. The molecule has 1 atom stereocenters. The summed E-state index contributed by atoms with van der Waals surface area (Å²) >= 11 is 7.31. The second kappa shape index (κ2) is 6.74. The number of halogens is 1. The first kappa shape index (κ1) is 14.8. The average Bonchev–Trinajstić information content (AvgIpc) is 2.90. The summed E-state index contributed by atoms with van der Waals surface area (Å²) in [5, 5.41) is 12.9. The van der Waals surface area contributed by atoms with Crippen LogP contribution in [0.2, 0.25) is 5.02 Å². The Bertz CT molecular complexity index is 593. The first-order valence-electron chi connectivity index (χ1n) is 6.39. The molecule has 0 spiro atoms. The van der Waals surface area contributed by atoms with E-state index in [-0.39, 0.29) is 0 Å². The van der Waals surface area contributed by atoms with Gasteiger partial charge in [-0.15, -0.1) is 11.3 Å². The molecule has 5 heteroatoms. The summed E-state index contributed by atoms with van der Waals surface area (Å²) < 4.78 is 5.67. The lowest BCUT2D eigenvalue weighted by Gasteiger charge is -2.25. The summed E-state index contributed by atoms with van der Waals surface area (Å²) in [7, 11) is 0. The monoisotopic (exact) mass is 306 g/mol. The molecule has 0 radical (unpaired) electrons. The van der Waals surface area contributed by atoms with Crippen LogP contribution >= 0.6 is 22.9 Å². The molecular formula is C15H15ClN2OS. The normalized spacial score (nSPS) is 13.4. The highest BCUT2D eigenvalue weighted by Gasteiger charge is 2.30. The summed E-state index contributed by atoms with van der Waals surface area (Å²) in [6.07, 6.45) is 4.82. The van der Waals surface area contributed by atoms with E-state index in [1.807, 2.05) is 24.4 Å². The average molecular weight is 307 g/mol. The predicted octanol–water partition coefficient (Wildman–Crippen LogP) is 4.44. The number of hydrogen-bond donors (Lipinski definition) is 0. The highest BCUT2D eigenvalue weighted by molar-refractivity contribution is 7.12. The standard InChI is InChI=1S/C15H15ClN2OS/c1-2-15(11-17,12-4-3-6-18-9-12)5-7-19-14-8-13(16)10-20-14/h3-4,6,8-10H,2,5,7H2,1H3. The molecule has 0 aromatic carbocycles. The first-order valence-corrected chi connectivity index (χ1v) is 7.64. The highest BCUT2D eigenvalue weighted by Crippen LogP contribution is 2.32. The maximum Gasteiger partial charge on any atom is 0.175 e. The van der Waals surface area contributed by atoms with Gasteiger partial charge < -0.3 is 4.74 Å². The number of nitrogens with zero attached hydrogens (tertiary/aromatic N) is 2. The summed E-state index contributed by atoms with van der Waals surface area (Å²) in [5.41, 5.74) is 0.396. The molecule has 0 amide bonds. The molecule has 3 nitrogen and oxygen atoms in total. The number of ether oxygens (including phenoxy) is 1. The third kappa shape index (κ3) is 3.30. The lowest BCUT2D eigenvalue weighted by atomic mass is 9.78. The second-order valence-electron chi connectivity index (χ2n) is 4.47. The Balaban J connectivity index is 2.05. The Hall–Kier alpha value is -1.57. The fraction of sp³-hybridized carbons (Fsp3) is 0.333. The fourth-order valence-corrected chi connectivity index (χ4v) is 3.01. The second-order valence-corrected chi connectivity index (χ2v) is 5.78. The van der Waals surface area contributed by atoms with Crippen molar-refractivity contribution >= 4 is 22.9 Å². The third-order valence-electron chi connectivity index (χ3n) is 3.35. The van der Waals surface area contributed by atoms with Crippen LogP contribution in [-0.2, 0) is 5.41 Å². The third-order valence-corrected chi connectivity index (χ3v) is 4.54. The molecule has 104 valence electrons. The van der Waals surface area contributed by atoms with Gasteiger partial charge in [-0.2, -0.15) is 5.26 Å². The molecule has 0 aliphatic heterocycles. The van der Waals surface area contributed by atoms with Gasteiger partial charge in [-0.05, 0) is 18.1 Å². The van der Waals surface area contributed by atoms with Crippen molar-refractivity contribution in [2.45, 2.75) is 25.2 Å². The molecule has 20 heavy (non-hydrogen) atoms. The number of nitriles is 1. The van der Waals surface area contributed by atoms with Crippen molar-refractivity contribution in [3.05, 3.63) is 46.6 Å². The van der Waals surface area contributed by atoms with Gasteiger partial charge in [-0.3, -0.25) is 4.98 Å². The molecule has 0 aliphatic rings. The van der Waals surface area contributed by atoms with Crippen molar-refractivity contribution in [3.63, 3.8) is 0 Å². The fourth-order valence-electron chi connectivity index (χ4n) is 2.07. The van der Waals surface area contributed by atoms with E-state index in [1.165, 1.54) is 11.3 Å². The zero-order valence-corrected chi connectivity index (χ0v) is 12.7. The van der Waals surface area contributed by atoms with Gasteiger partial charge in [0.25, 0.3) is 0 Å². The predicted molar refractivity (Wildman–Crippen MR) is 81.3 cm³/mol. The highest BCUT2D eigenvalue weighted by atomic mass is 35.5. The van der Waals surface area contributed by atoms with Crippen molar-refractivity contribution in [2.24, 2.45) is 0 Å². The van der Waals surface area contributed by atoms with E-state index in [0.717, 1.165) is 17.0 Å². The van der Waals surface area contributed by atoms with Crippen LogP contribution in [-0.4, -0.2) is 11.6 Å². The Morgan fingerprint density at radius 1 is 1.55 bits per heavy atom. The maximum atomic E-state index is 9.58. The lowest BCUT2D eigenvalue weighted by Crippen LogP contribution is -2.26. The van der Waals surface area contributed by atoms with Crippen LogP contribution in [0.5, 0.6) is 5.06 Å². The quantitative estimate of drug-likeness (QED) is 0.792. The van der Waals surface area contributed by atoms with E-state index in [4.69, 9.17) is 16.3 Å². The number of hydrogen-bond acceptors (Lipinski definition) is 4. The van der Waals surface area contributed by atoms with Gasteiger partial charge in [-0.25, -0.2) is 0 Å². The van der Waals surface area contributed by atoms with Crippen molar-refractivity contribution in [3.8, 4) is 11.1 Å². The zero-order valence-electron chi connectivity index (χ0n) is 11.2. The van der Waals surface area contributed by atoms with Gasteiger partial charge in [0.05, 0.1) is 23.1 Å².